The maximum absolute atomic E-state index is 12.1. The third-order valence-corrected chi connectivity index (χ3v) is 5.44. The number of esters is 1. The smallest absolute Gasteiger partial charge is 0.358 e. The highest BCUT2D eigenvalue weighted by molar-refractivity contribution is 7.13. The van der Waals surface area contributed by atoms with Crippen molar-refractivity contribution in [2.24, 2.45) is 0 Å². The van der Waals surface area contributed by atoms with Crippen molar-refractivity contribution in [3.63, 3.8) is 0 Å². The highest BCUT2D eigenvalue weighted by atomic mass is 35.5. The minimum absolute atomic E-state index is 0.0871. The number of thiazole rings is 1. The zero-order valence-electron chi connectivity index (χ0n) is 15.1. The summed E-state index contributed by atoms with van der Waals surface area (Å²) in [6.07, 6.45) is 5.14. The molecule has 1 fully saturated rings. The Balaban J connectivity index is 1.46. The molecule has 1 aromatic carbocycles. The van der Waals surface area contributed by atoms with Crippen LogP contribution < -0.4 is 10.6 Å². The molecule has 0 bridgehead atoms. The van der Waals surface area contributed by atoms with Crippen LogP contribution in [0.1, 0.15) is 42.6 Å². The molecule has 0 unspecified atom stereocenters. The van der Waals surface area contributed by atoms with E-state index in [-0.39, 0.29) is 11.7 Å². The van der Waals surface area contributed by atoms with E-state index in [4.69, 9.17) is 16.3 Å². The Bertz CT molecular complexity index is 864. The lowest BCUT2D eigenvalue weighted by atomic mass is 9.96. The first-order valence-electron chi connectivity index (χ1n) is 9.00. The molecule has 2 N–H and O–H groups in total. The Labute approximate surface area is 171 Å². The van der Waals surface area contributed by atoms with Crippen molar-refractivity contribution in [1.29, 1.82) is 0 Å². The molecule has 0 spiro atoms. The van der Waals surface area contributed by atoms with Crippen LogP contribution in [0.4, 0.5) is 4.79 Å². The molecule has 1 aromatic heterocycles. The number of hydrogen-bond acceptors (Lipinski definition) is 6. The van der Waals surface area contributed by atoms with Crippen molar-refractivity contribution < 1.29 is 19.1 Å². The first-order valence-corrected chi connectivity index (χ1v) is 10.3. The van der Waals surface area contributed by atoms with Gasteiger partial charge >= 0.3 is 12.0 Å². The fraction of sp³-hybridized carbons (Fsp3) is 0.368. The zero-order valence-corrected chi connectivity index (χ0v) is 16.6. The Hall–Kier alpha value is -2.45. The van der Waals surface area contributed by atoms with Crippen LogP contribution >= 0.6 is 22.9 Å². The lowest BCUT2D eigenvalue weighted by molar-refractivity contribution is -0.123. The van der Waals surface area contributed by atoms with E-state index in [0.29, 0.717) is 10.0 Å². The maximum Gasteiger partial charge on any atom is 0.358 e. The van der Waals surface area contributed by atoms with Gasteiger partial charge in [0.25, 0.3) is 5.91 Å². The Kier molecular flexibility index (Phi) is 7.00. The largest absolute Gasteiger partial charge is 0.451 e. The number of carbonyl (C=O) groups excluding carboxylic acids is 3. The molecule has 1 heterocycles. The molecule has 1 saturated carbocycles. The summed E-state index contributed by atoms with van der Waals surface area (Å²) in [5.74, 6) is -1.42. The van der Waals surface area contributed by atoms with Gasteiger partial charge in [0.2, 0.25) is 0 Å². The molecule has 3 rings (SSSR count). The zero-order chi connectivity index (χ0) is 19.9. The van der Waals surface area contributed by atoms with E-state index in [1.165, 1.54) is 17.8 Å². The van der Waals surface area contributed by atoms with Crippen LogP contribution in [0.15, 0.2) is 29.6 Å². The average Bonchev–Trinajstić information content (AvgIpc) is 3.17. The van der Waals surface area contributed by atoms with Crippen molar-refractivity contribution in [1.82, 2.24) is 15.6 Å². The number of halogens is 1. The topological polar surface area (TPSA) is 97.4 Å². The third kappa shape index (κ3) is 5.77. The van der Waals surface area contributed by atoms with Gasteiger partial charge in [0.1, 0.15) is 5.01 Å². The van der Waals surface area contributed by atoms with Crippen molar-refractivity contribution in [2.45, 2.75) is 38.1 Å². The van der Waals surface area contributed by atoms with Gasteiger partial charge in [-0.15, -0.1) is 11.3 Å². The molecule has 7 nitrogen and oxygen atoms in total. The van der Waals surface area contributed by atoms with Gasteiger partial charge in [-0.05, 0) is 25.0 Å². The number of hydrogen-bond donors (Lipinski definition) is 2. The molecule has 1 aliphatic rings. The van der Waals surface area contributed by atoms with E-state index in [1.807, 2.05) is 6.07 Å². The number of benzene rings is 1. The fourth-order valence-corrected chi connectivity index (χ4v) is 3.93. The molecule has 0 radical (unpaired) electrons. The lowest BCUT2D eigenvalue weighted by Crippen LogP contribution is -2.46. The van der Waals surface area contributed by atoms with Gasteiger partial charge in [0, 0.05) is 22.0 Å². The van der Waals surface area contributed by atoms with Gasteiger partial charge < -0.3 is 10.1 Å². The van der Waals surface area contributed by atoms with Crippen LogP contribution in [0.2, 0.25) is 5.02 Å². The number of urea groups is 1. The molecule has 0 saturated heterocycles. The molecule has 28 heavy (non-hydrogen) atoms. The molecule has 9 heteroatoms. The quantitative estimate of drug-likeness (QED) is 0.716. The van der Waals surface area contributed by atoms with E-state index >= 15 is 0 Å². The second-order valence-electron chi connectivity index (χ2n) is 6.48. The minimum Gasteiger partial charge on any atom is -0.451 e. The number of aromatic nitrogens is 1. The minimum atomic E-state index is -0.729. The predicted octanol–water partition coefficient (Wildman–Crippen LogP) is 3.78. The summed E-state index contributed by atoms with van der Waals surface area (Å²) in [5.41, 5.74) is 0.883. The van der Waals surface area contributed by atoms with E-state index < -0.39 is 24.5 Å². The number of rotatable bonds is 5. The van der Waals surface area contributed by atoms with Gasteiger partial charge in [0.05, 0.1) is 0 Å². The summed E-state index contributed by atoms with van der Waals surface area (Å²) in [6.45, 7) is -0.555. The number of nitrogens with one attached hydrogen (secondary N) is 2. The van der Waals surface area contributed by atoms with Gasteiger partial charge in [-0.25, -0.2) is 14.6 Å². The predicted molar refractivity (Wildman–Crippen MR) is 106 cm³/mol. The summed E-state index contributed by atoms with van der Waals surface area (Å²) >= 11 is 7.23. The number of carbonyl (C=O) groups is 3. The van der Waals surface area contributed by atoms with Crippen molar-refractivity contribution in [2.75, 3.05) is 6.61 Å². The molecule has 0 aliphatic heterocycles. The molecule has 0 atom stereocenters. The molecule has 2 aromatic rings. The SMILES string of the molecule is O=C(COC(=O)c1csc(-c2cccc(Cl)c2)n1)NC(=O)NC1CCCCC1. The lowest BCUT2D eigenvalue weighted by Gasteiger charge is -2.22. The Morgan fingerprint density at radius 3 is 2.75 bits per heavy atom. The standard InChI is InChI=1S/C19H20ClN3O4S/c20-13-6-4-5-12(9-13)17-22-15(11-28-17)18(25)27-10-16(24)23-19(26)21-14-7-2-1-3-8-14/h4-6,9,11,14H,1-3,7-8,10H2,(H2,21,23,24,26). The number of amides is 3. The van der Waals surface area contributed by atoms with Crippen molar-refractivity contribution >= 4 is 40.8 Å². The van der Waals surface area contributed by atoms with Crippen LogP contribution in [0, 0.1) is 0 Å². The highest BCUT2D eigenvalue weighted by Gasteiger charge is 2.19. The summed E-state index contributed by atoms with van der Waals surface area (Å²) in [6, 6.07) is 6.64. The van der Waals surface area contributed by atoms with E-state index in [2.05, 4.69) is 15.6 Å². The summed E-state index contributed by atoms with van der Waals surface area (Å²) < 4.78 is 4.94. The van der Waals surface area contributed by atoms with E-state index in [0.717, 1.165) is 31.2 Å². The molecule has 3 amide bonds. The number of ether oxygens (including phenoxy) is 1. The molecular weight excluding hydrogens is 402 g/mol. The van der Waals surface area contributed by atoms with Gasteiger partial charge in [0.15, 0.2) is 12.3 Å². The van der Waals surface area contributed by atoms with Crippen LogP contribution in [0.25, 0.3) is 10.6 Å². The van der Waals surface area contributed by atoms with Gasteiger partial charge in [-0.3, -0.25) is 10.1 Å². The first-order chi connectivity index (χ1) is 13.5. The van der Waals surface area contributed by atoms with Gasteiger partial charge in [-0.1, -0.05) is 43.0 Å². The highest BCUT2D eigenvalue weighted by Crippen LogP contribution is 2.26. The van der Waals surface area contributed by atoms with Crippen LogP contribution in [0.3, 0.4) is 0 Å². The van der Waals surface area contributed by atoms with Crippen LogP contribution in [-0.4, -0.2) is 35.5 Å². The van der Waals surface area contributed by atoms with Crippen LogP contribution in [0.5, 0.6) is 0 Å². The maximum atomic E-state index is 12.1. The Morgan fingerprint density at radius 2 is 2.00 bits per heavy atom. The normalized spacial score (nSPS) is 14.3. The fourth-order valence-electron chi connectivity index (χ4n) is 2.96. The third-order valence-electron chi connectivity index (χ3n) is 4.31. The van der Waals surface area contributed by atoms with Gasteiger partial charge in [-0.2, -0.15) is 0 Å². The molecule has 1 aliphatic carbocycles. The summed E-state index contributed by atoms with van der Waals surface area (Å²) in [7, 11) is 0. The number of imide groups is 1. The van der Waals surface area contributed by atoms with Crippen molar-refractivity contribution in [3.05, 3.63) is 40.4 Å². The van der Waals surface area contributed by atoms with E-state index in [1.54, 1.807) is 23.6 Å². The Morgan fingerprint density at radius 1 is 1.21 bits per heavy atom. The summed E-state index contributed by atoms with van der Waals surface area (Å²) in [5, 5.41) is 7.67. The van der Waals surface area contributed by atoms with Crippen LogP contribution in [-0.2, 0) is 9.53 Å². The first kappa shape index (κ1) is 20.3. The second-order valence-corrected chi connectivity index (χ2v) is 7.78. The van der Waals surface area contributed by atoms with E-state index in [9.17, 15) is 14.4 Å². The molecular formula is C19H20ClN3O4S. The monoisotopic (exact) mass is 421 g/mol. The molecule has 148 valence electrons. The summed E-state index contributed by atoms with van der Waals surface area (Å²) in [4.78, 5) is 39.9. The van der Waals surface area contributed by atoms with Crippen molar-refractivity contribution in [3.8, 4) is 10.6 Å². The second kappa shape index (κ2) is 9.66. The number of nitrogens with zero attached hydrogens (tertiary/aromatic N) is 1. The average molecular weight is 422 g/mol.